The standard InChI is InChI=1S/C10H16N2S/c1-10(2)4-3-9(10)12-6-8-5-11-7-13-8/h5,7,9,12H,3-4,6H2,1-2H3. The number of hydrogen-bond donors (Lipinski definition) is 1. The number of aromatic nitrogens is 1. The van der Waals surface area contributed by atoms with Gasteiger partial charge in [-0.1, -0.05) is 13.8 Å². The van der Waals surface area contributed by atoms with Gasteiger partial charge in [-0.25, -0.2) is 0 Å². The monoisotopic (exact) mass is 196 g/mol. The van der Waals surface area contributed by atoms with Crippen LogP contribution in [0.3, 0.4) is 0 Å². The Morgan fingerprint density at radius 3 is 3.00 bits per heavy atom. The van der Waals surface area contributed by atoms with E-state index in [1.54, 1.807) is 11.3 Å². The van der Waals surface area contributed by atoms with Crippen molar-refractivity contribution >= 4 is 11.3 Å². The molecular formula is C10H16N2S. The molecule has 1 atom stereocenters. The molecule has 3 heteroatoms. The van der Waals surface area contributed by atoms with Crippen molar-refractivity contribution in [3.05, 3.63) is 16.6 Å². The van der Waals surface area contributed by atoms with Gasteiger partial charge < -0.3 is 5.32 Å². The van der Waals surface area contributed by atoms with Crippen LogP contribution in [0.5, 0.6) is 0 Å². The van der Waals surface area contributed by atoms with Gasteiger partial charge in [0, 0.05) is 23.7 Å². The average molecular weight is 196 g/mol. The first-order valence-corrected chi connectivity index (χ1v) is 5.67. The van der Waals surface area contributed by atoms with Gasteiger partial charge in [-0.3, -0.25) is 4.98 Å². The summed E-state index contributed by atoms with van der Waals surface area (Å²) in [5.41, 5.74) is 2.40. The third-order valence-electron chi connectivity index (χ3n) is 3.03. The molecule has 0 amide bonds. The van der Waals surface area contributed by atoms with Crippen molar-refractivity contribution in [1.29, 1.82) is 0 Å². The van der Waals surface area contributed by atoms with Crippen LogP contribution in [0.4, 0.5) is 0 Å². The number of rotatable bonds is 3. The third-order valence-corrected chi connectivity index (χ3v) is 3.81. The van der Waals surface area contributed by atoms with Gasteiger partial charge in [-0.2, -0.15) is 0 Å². The van der Waals surface area contributed by atoms with E-state index in [0.717, 1.165) is 6.54 Å². The fraction of sp³-hybridized carbons (Fsp3) is 0.700. The lowest BCUT2D eigenvalue weighted by molar-refractivity contribution is 0.108. The molecule has 2 nitrogen and oxygen atoms in total. The molecule has 72 valence electrons. The van der Waals surface area contributed by atoms with E-state index in [0.29, 0.717) is 11.5 Å². The maximum absolute atomic E-state index is 4.06. The van der Waals surface area contributed by atoms with E-state index in [2.05, 4.69) is 24.1 Å². The number of nitrogens with zero attached hydrogens (tertiary/aromatic N) is 1. The van der Waals surface area contributed by atoms with Crippen LogP contribution in [-0.4, -0.2) is 11.0 Å². The van der Waals surface area contributed by atoms with Crippen LogP contribution in [0.25, 0.3) is 0 Å². The number of thiazole rings is 1. The maximum Gasteiger partial charge on any atom is 0.0794 e. The lowest BCUT2D eigenvalue weighted by Crippen LogP contribution is -2.49. The molecule has 1 saturated carbocycles. The van der Waals surface area contributed by atoms with Gasteiger partial charge in [-0.05, 0) is 18.3 Å². The smallest absolute Gasteiger partial charge is 0.0794 e. The second-order valence-corrected chi connectivity index (χ2v) is 5.40. The molecule has 1 aromatic rings. The predicted octanol–water partition coefficient (Wildman–Crippen LogP) is 2.42. The summed E-state index contributed by atoms with van der Waals surface area (Å²) in [5, 5.41) is 3.58. The lowest BCUT2D eigenvalue weighted by Gasteiger charge is -2.45. The quantitative estimate of drug-likeness (QED) is 0.803. The molecule has 0 aliphatic heterocycles. The summed E-state index contributed by atoms with van der Waals surface area (Å²) in [6.07, 6.45) is 4.63. The molecule has 1 N–H and O–H groups in total. The minimum atomic E-state index is 0.505. The molecule has 1 heterocycles. The Morgan fingerprint density at radius 1 is 1.69 bits per heavy atom. The summed E-state index contributed by atoms with van der Waals surface area (Å²) in [6, 6.07) is 0.703. The van der Waals surface area contributed by atoms with Crippen molar-refractivity contribution in [3.63, 3.8) is 0 Å². The van der Waals surface area contributed by atoms with Gasteiger partial charge in [0.2, 0.25) is 0 Å². The van der Waals surface area contributed by atoms with Gasteiger partial charge in [0.25, 0.3) is 0 Å². The first-order valence-electron chi connectivity index (χ1n) is 4.79. The molecule has 13 heavy (non-hydrogen) atoms. The molecule has 0 radical (unpaired) electrons. The van der Waals surface area contributed by atoms with Crippen molar-refractivity contribution in [3.8, 4) is 0 Å². The van der Waals surface area contributed by atoms with Crippen LogP contribution < -0.4 is 5.32 Å². The first-order chi connectivity index (χ1) is 6.18. The largest absolute Gasteiger partial charge is 0.309 e. The van der Waals surface area contributed by atoms with E-state index in [9.17, 15) is 0 Å². The van der Waals surface area contributed by atoms with Gasteiger partial charge in [0.1, 0.15) is 0 Å². The minimum Gasteiger partial charge on any atom is -0.309 e. The molecule has 1 fully saturated rings. The van der Waals surface area contributed by atoms with Crippen molar-refractivity contribution in [2.24, 2.45) is 5.41 Å². The van der Waals surface area contributed by atoms with Gasteiger partial charge >= 0.3 is 0 Å². The zero-order valence-corrected chi connectivity index (χ0v) is 9.03. The van der Waals surface area contributed by atoms with E-state index < -0.39 is 0 Å². The SMILES string of the molecule is CC1(C)CCC1NCc1cncs1. The highest BCUT2D eigenvalue weighted by molar-refractivity contribution is 7.09. The highest BCUT2D eigenvalue weighted by Gasteiger charge is 2.37. The number of hydrogen-bond acceptors (Lipinski definition) is 3. The highest BCUT2D eigenvalue weighted by Crippen LogP contribution is 2.40. The Kier molecular flexibility index (Phi) is 2.39. The Bertz CT molecular complexity index is 266. The zero-order chi connectivity index (χ0) is 9.31. The van der Waals surface area contributed by atoms with E-state index in [1.165, 1.54) is 17.7 Å². The molecular weight excluding hydrogens is 180 g/mol. The Morgan fingerprint density at radius 2 is 2.54 bits per heavy atom. The number of nitrogens with one attached hydrogen (secondary N) is 1. The first kappa shape index (κ1) is 9.16. The van der Waals surface area contributed by atoms with E-state index in [4.69, 9.17) is 0 Å². The van der Waals surface area contributed by atoms with E-state index in [1.807, 2.05) is 11.7 Å². The van der Waals surface area contributed by atoms with Gasteiger partial charge in [0.15, 0.2) is 0 Å². The second-order valence-electron chi connectivity index (χ2n) is 4.43. The normalized spacial score (nSPS) is 25.5. The van der Waals surface area contributed by atoms with Crippen LogP contribution >= 0.6 is 11.3 Å². The average Bonchev–Trinajstić information content (AvgIpc) is 2.55. The van der Waals surface area contributed by atoms with Crippen molar-refractivity contribution < 1.29 is 0 Å². The molecule has 0 bridgehead atoms. The second kappa shape index (κ2) is 3.39. The molecule has 0 spiro atoms. The predicted molar refractivity (Wildman–Crippen MR) is 55.8 cm³/mol. The summed E-state index contributed by atoms with van der Waals surface area (Å²) < 4.78 is 0. The van der Waals surface area contributed by atoms with E-state index in [-0.39, 0.29) is 0 Å². The van der Waals surface area contributed by atoms with Gasteiger partial charge in [-0.15, -0.1) is 11.3 Å². The van der Waals surface area contributed by atoms with E-state index >= 15 is 0 Å². The molecule has 2 rings (SSSR count). The molecule has 1 aromatic heterocycles. The molecule has 1 aliphatic rings. The van der Waals surface area contributed by atoms with Crippen LogP contribution in [0.15, 0.2) is 11.7 Å². The Balaban J connectivity index is 1.81. The fourth-order valence-electron chi connectivity index (χ4n) is 1.80. The van der Waals surface area contributed by atoms with Crippen LogP contribution in [0.2, 0.25) is 0 Å². The van der Waals surface area contributed by atoms with Crippen LogP contribution in [-0.2, 0) is 6.54 Å². The summed E-state index contributed by atoms with van der Waals surface area (Å²) in [4.78, 5) is 5.39. The molecule has 1 unspecified atom stereocenters. The minimum absolute atomic E-state index is 0.505. The Labute approximate surface area is 83.4 Å². The summed E-state index contributed by atoms with van der Waals surface area (Å²) >= 11 is 1.73. The van der Waals surface area contributed by atoms with Crippen molar-refractivity contribution in [2.45, 2.75) is 39.3 Å². The van der Waals surface area contributed by atoms with Crippen LogP contribution in [0, 0.1) is 5.41 Å². The van der Waals surface area contributed by atoms with Crippen molar-refractivity contribution in [2.75, 3.05) is 0 Å². The Hall–Kier alpha value is -0.410. The molecule has 1 aliphatic carbocycles. The summed E-state index contributed by atoms with van der Waals surface area (Å²) in [7, 11) is 0. The summed E-state index contributed by atoms with van der Waals surface area (Å²) in [6.45, 7) is 5.65. The lowest BCUT2D eigenvalue weighted by atomic mass is 9.67. The maximum atomic E-state index is 4.06. The topological polar surface area (TPSA) is 24.9 Å². The van der Waals surface area contributed by atoms with Crippen LogP contribution in [0.1, 0.15) is 31.6 Å². The van der Waals surface area contributed by atoms with Gasteiger partial charge in [0.05, 0.1) is 5.51 Å². The summed E-state index contributed by atoms with van der Waals surface area (Å²) in [5.74, 6) is 0. The van der Waals surface area contributed by atoms with Crippen molar-refractivity contribution in [1.82, 2.24) is 10.3 Å². The molecule has 0 aromatic carbocycles. The highest BCUT2D eigenvalue weighted by atomic mass is 32.1. The zero-order valence-electron chi connectivity index (χ0n) is 8.21. The molecule has 0 saturated heterocycles. The third kappa shape index (κ3) is 1.92. The fourth-order valence-corrected chi connectivity index (χ4v) is 2.34.